The standard InChI is InChI=1S/C13H16ClN5O.C2HF3O2/c14-10-3-11(8-20)18-13(4-10)19-2-1-15-12(7-19)9-5-16-17-6-9;3-2(4,5)1(6)7/h3-6,12,15,20H,1-2,7-8H2,(H,16,17);(H,6,7). The van der Waals surface area contributed by atoms with Crippen LogP contribution in [0.3, 0.4) is 0 Å². The summed E-state index contributed by atoms with van der Waals surface area (Å²) in [6, 6.07) is 3.72. The zero-order valence-corrected chi connectivity index (χ0v) is 14.6. The number of aliphatic carboxylic acids is 1. The molecule has 3 rings (SSSR count). The number of aliphatic hydroxyl groups is 1. The summed E-state index contributed by atoms with van der Waals surface area (Å²) in [5.41, 5.74) is 1.71. The predicted octanol–water partition coefficient (Wildman–Crippen LogP) is 1.73. The Balaban J connectivity index is 0.000000321. The summed E-state index contributed by atoms with van der Waals surface area (Å²) >= 11 is 6.08. The number of carboxylic acids is 1. The van der Waals surface area contributed by atoms with Crippen molar-refractivity contribution in [3.8, 4) is 0 Å². The molecule has 1 atom stereocenters. The first kappa shape index (κ1) is 20.9. The minimum atomic E-state index is -5.08. The average Bonchev–Trinajstić information content (AvgIpc) is 3.15. The lowest BCUT2D eigenvalue weighted by Gasteiger charge is -2.34. The number of aromatic nitrogens is 3. The smallest absolute Gasteiger partial charge is 0.475 e. The molecule has 148 valence electrons. The minimum absolute atomic E-state index is 0.106. The van der Waals surface area contributed by atoms with Gasteiger partial charge in [-0.25, -0.2) is 9.78 Å². The van der Waals surface area contributed by atoms with Crippen LogP contribution in [0.5, 0.6) is 0 Å². The lowest BCUT2D eigenvalue weighted by molar-refractivity contribution is -0.192. The second-order valence-corrected chi connectivity index (χ2v) is 6.02. The van der Waals surface area contributed by atoms with Gasteiger partial charge in [0.15, 0.2) is 0 Å². The fraction of sp³-hybridized carbons (Fsp3) is 0.400. The van der Waals surface area contributed by atoms with Crippen molar-refractivity contribution in [2.45, 2.75) is 18.8 Å². The van der Waals surface area contributed by atoms with Crippen LogP contribution in [0, 0.1) is 0 Å². The van der Waals surface area contributed by atoms with E-state index in [0.717, 1.165) is 31.0 Å². The van der Waals surface area contributed by atoms with E-state index < -0.39 is 12.1 Å². The van der Waals surface area contributed by atoms with Crippen LogP contribution in [0.2, 0.25) is 5.02 Å². The molecule has 1 saturated heterocycles. The SMILES string of the molecule is O=C(O)C(F)(F)F.OCc1cc(Cl)cc(N2CCNC(c3cn[nH]c3)C2)n1. The first-order valence-corrected chi connectivity index (χ1v) is 8.13. The number of anilines is 1. The highest BCUT2D eigenvalue weighted by molar-refractivity contribution is 6.30. The number of H-pyrrole nitrogens is 1. The molecule has 0 amide bonds. The van der Waals surface area contributed by atoms with E-state index in [-0.39, 0.29) is 12.6 Å². The molecule has 0 spiro atoms. The lowest BCUT2D eigenvalue weighted by atomic mass is 10.1. The van der Waals surface area contributed by atoms with Crippen LogP contribution < -0.4 is 10.2 Å². The largest absolute Gasteiger partial charge is 0.490 e. The van der Waals surface area contributed by atoms with E-state index in [2.05, 4.69) is 25.4 Å². The van der Waals surface area contributed by atoms with Crippen molar-refractivity contribution in [2.75, 3.05) is 24.5 Å². The molecular formula is C15H17ClF3N5O3. The third-order valence-electron chi connectivity index (χ3n) is 3.66. The molecule has 2 aromatic heterocycles. The average molecular weight is 408 g/mol. The Kier molecular flexibility index (Phi) is 6.99. The Hall–Kier alpha value is -2.37. The van der Waals surface area contributed by atoms with Crippen molar-refractivity contribution in [2.24, 2.45) is 0 Å². The maximum absolute atomic E-state index is 10.6. The van der Waals surface area contributed by atoms with Crippen LogP contribution in [-0.2, 0) is 11.4 Å². The van der Waals surface area contributed by atoms with Crippen LogP contribution in [0.1, 0.15) is 17.3 Å². The van der Waals surface area contributed by atoms with Crippen molar-refractivity contribution in [3.05, 3.63) is 40.8 Å². The number of aliphatic hydroxyl groups excluding tert-OH is 1. The Morgan fingerprint density at radius 2 is 2.11 bits per heavy atom. The molecule has 0 saturated carbocycles. The van der Waals surface area contributed by atoms with Crippen molar-refractivity contribution in [1.29, 1.82) is 0 Å². The maximum atomic E-state index is 10.6. The Labute approximate surface area is 157 Å². The van der Waals surface area contributed by atoms with Gasteiger partial charge in [-0.2, -0.15) is 18.3 Å². The van der Waals surface area contributed by atoms with Gasteiger partial charge in [-0.05, 0) is 12.1 Å². The third-order valence-corrected chi connectivity index (χ3v) is 3.87. The van der Waals surface area contributed by atoms with Crippen LogP contribution >= 0.6 is 11.6 Å². The van der Waals surface area contributed by atoms with Crippen molar-refractivity contribution >= 4 is 23.4 Å². The van der Waals surface area contributed by atoms with Gasteiger partial charge in [-0.3, -0.25) is 5.10 Å². The number of halogens is 4. The summed E-state index contributed by atoms with van der Waals surface area (Å²) in [7, 11) is 0. The number of carbonyl (C=O) groups is 1. The lowest BCUT2D eigenvalue weighted by Crippen LogP contribution is -2.46. The number of hydrogen-bond acceptors (Lipinski definition) is 6. The topological polar surface area (TPSA) is 114 Å². The summed E-state index contributed by atoms with van der Waals surface area (Å²) in [4.78, 5) is 15.5. The first-order chi connectivity index (χ1) is 12.7. The van der Waals surface area contributed by atoms with Gasteiger partial charge in [0.1, 0.15) is 5.82 Å². The highest BCUT2D eigenvalue weighted by Crippen LogP contribution is 2.23. The molecule has 3 heterocycles. The monoisotopic (exact) mass is 407 g/mol. The van der Waals surface area contributed by atoms with E-state index in [0.29, 0.717) is 10.7 Å². The summed E-state index contributed by atoms with van der Waals surface area (Å²) in [6.07, 6.45) is -1.36. The molecule has 0 radical (unpaired) electrons. The van der Waals surface area contributed by atoms with Crippen LogP contribution in [0.25, 0.3) is 0 Å². The third kappa shape index (κ3) is 6.08. The molecule has 1 aliphatic rings. The second-order valence-electron chi connectivity index (χ2n) is 5.58. The molecule has 2 aromatic rings. The summed E-state index contributed by atoms with van der Waals surface area (Å²) in [5, 5.41) is 27.2. The zero-order valence-electron chi connectivity index (χ0n) is 13.9. The van der Waals surface area contributed by atoms with Gasteiger partial charge < -0.3 is 20.4 Å². The Morgan fingerprint density at radius 3 is 2.67 bits per heavy atom. The van der Waals surface area contributed by atoms with Crippen LogP contribution in [0.15, 0.2) is 24.5 Å². The maximum Gasteiger partial charge on any atom is 0.490 e. The van der Waals surface area contributed by atoms with Crippen LogP contribution in [0.4, 0.5) is 19.0 Å². The highest BCUT2D eigenvalue weighted by Gasteiger charge is 2.38. The number of hydrogen-bond donors (Lipinski definition) is 4. The highest BCUT2D eigenvalue weighted by atomic mass is 35.5. The Bertz CT molecular complexity index is 758. The number of nitrogens with one attached hydrogen (secondary N) is 2. The summed E-state index contributed by atoms with van der Waals surface area (Å²) < 4.78 is 31.7. The second kappa shape index (κ2) is 9.02. The zero-order chi connectivity index (χ0) is 20.0. The van der Waals surface area contributed by atoms with Crippen molar-refractivity contribution < 1.29 is 28.2 Å². The summed E-state index contributed by atoms with van der Waals surface area (Å²) in [6.45, 7) is 2.40. The number of piperazine rings is 1. The molecule has 1 aliphatic heterocycles. The number of carboxylic acid groups (broad SMARTS) is 1. The van der Waals surface area contributed by atoms with E-state index in [1.54, 1.807) is 6.07 Å². The van der Waals surface area contributed by atoms with E-state index in [1.165, 1.54) is 0 Å². The molecule has 0 aromatic carbocycles. The molecule has 0 bridgehead atoms. The van der Waals surface area contributed by atoms with Gasteiger partial charge in [0.05, 0.1) is 24.5 Å². The van der Waals surface area contributed by atoms with E-state index in [4.69, 9.17) is 21.5 Å². The van der Waals surface area contributed by atoms with Crippen molar-refractivity contribution in [1.82, 2.24) is 20.5 Å². The van der Waals surface area contributed by atoms with Crippen LogP contribution in [-0.4, -0.2) is 57.2 Å². The number of alkyl halides is 3. The van der Waals surface area contributed by atoms with Crippen molar-refractivity contribution in [3.63, 3.8) is 0 Å². The molecule has 1 fully saturated rings. The molecule has 4 N–H and O–H groups in total. The minimum Gasteiger partial charge on any atom is -0.475 e. The molecule has 8 nitrogen and oxygen atoms in total. The Morgan fingerprint density at radius 1 is 1.41 bits per heavy atom. The first-order valence-electron chi connectivity index (χ1n) is 7.75. The van der Waals surface area contributed by atoms with Gasteiger partial charge in [0.25, 0.3) is 0 Å². The van der Waals surface area contributed by atoms with Gasteiger partial charge in [-0.1, -0.05) is 11.6 Å². The van der Waals surface area contributed by atoms with Gasteiger partial charge in [0, 0.05) is 36.4 Å². The number of rotatable bonds is 3. The fourth-order valence-corrected chi connectivity index (χ4v) is 2.64. The number of aromatic amines is 1. The van der Waals surface area contributed by atoms with E-state index >= 15 is 0 Å². The quantitative estimate of drug-likeness (QED) is 0.612. The number of pyridine rings is 1. The fourth-order valence-electron chi connectivity index (χ4n) is 2.41. The molecule has 27 heavy (non-hydrogen) atoms. The van der Waals surface area contributed by atoms with Gasteiger partial charge >= 0.3 is 12.1 Å². The molecular weight excluding hydrogens is 391 g/mol. The van der Waals surface area contributed by atoms with E-state index in [9.17, 15) is 18.3 Å². The molecule has 12 heteroatoms. The van der Waals surface area contributed by atoms with E-state index in [1.807, 2.05) is 18.5 Å². The predicted molar refractivity (Wildman–Crippen MR) is 90.4 cm³/mol. The van der Waals surface area contributed by atoms with Gasteiger partial charge in [0.2, 0.25) is 0 Å². The number of nitrogens with zero attached hydrogens (tertiary/aromatic N) is 3. The molecule has 0 aliphatic carbocycles. The van der Waals surface area contributed by atoms with Gasteiger partial charge in [-0.15, -0.1) is 0 Å². The molecule has 1 unspecified atom stereocenters. The normalized spacial score (nSPS) is 17.2. The summed E-state index contributed by atoms with van der Waals surface area (Å²) in [5.74, 6) is -1.95.